The molecule has 2 heterocycles. The predicted molar refractivity (Wildman–Crippen MR) is 72.4 cm³/mol. The highest BCUT2D eigenvalue weighted by atomic mass is 32.2. The summed E-state index contributed by atoms with van der Waals surface area (Å²) >= 11 is 2.01. The highest BCUT2D eigenvalue weighted by Gasteiger charge is 2.40. The Morgan fingerprint density at radius 3 is 2.94 bits per heavy atom. The van der Waals surface area contributed by atoms with Crippen molar-refractivity contribution in [3.05, 3.63) is 12.2 Å². The molecule has 0 radical (unpaired) electrons. The van der Waals surface area contributed by atoms with Crippen molar-refractivity contribution in [1.29, 1.82) is 0 Å². The van der Waals surface area contributed by atoms with E-state index in [1.165, 1.54) is 11.5 Å². The van der Waals surface area contributed by atoms with E-state index in [2.05, 4.69) is 6.92 Å². The maximum Gasteiger partial charge on any atom is 0.158 e. The summed E-state index contributed by atoms with van der Waals surface area (Å²) in [6.45, 7) is 2.83. The van der Waals surface area contributed by atoms with Crippen molar-refractivity contribution in [2.75, 3.05) is 18.1 Å². The van der Waals surface area contributed by atoms with Gasteiger partial charge in [-0.15, -0.1) is 0 Å². The van der Waals surface area contributed by atoms with E-state index in [0.29, 0.717) is 5.78 Å². The van der Waals surface area contributed by atoms with Crippen molar-refractivity contribution in [3.8, 4) is 0 Å². The number of hydrogen-bond donors (Lipinski definition) is 0. The first kappa shape index (κ1) is 13.2. The molecule has 2 nitrogen and oxygen atoms in total. The third-order valence-corrected chi connectivity index (χ3v) is 4.80. The van der Waals surface area contributed by atoms with Crippen LogP contribution in [-0.2, 0) is 9.53 Å². The van der Waals surface area contributed by atoms with Crippen molar-refractivity contribution in [2.24, 2.45) is 5.92 Å². The molecule has 2 fully saturated rings. The first-order chi connectivity index (χ1) is 8.26. The van der Waals surface area contributed by atoms with Crippen LogP contribution < -0.4 is 0 Å². The smallest absolute Gasteiger partial charge is 0.158 e. The SMILES string of the molecule is CC/C=C/C(=O)C1CCOC2(CCSCC2)C1. The van der Waals surface area contributed by atoms with Crippen molar-refractivity contribution in [1.82, 2.24) is 0 Å². The summed E-state index contributed by atoms with van der Waals surface area (Å²) in [5.74, 6) is 2.89. The van der Waals surface area contributed by atoms with Gasteiger partial charge in [-0.25, -0.2) is 0 Å². The maximum absolute atomic E-state index is 12.0. The summed E-state index contributed by atoms with van der Waals surface area (Å²) < 4.78 is 6.00. The Morgan fingerprint density at radius 2 is 2.24 bits per heavy atom. The summed E-state index contributed by atoms with van der Waals surface area (Å²) in [4.78, 5) is 12.0. The molecule has 2 saturated heterocycles. The highest BCUT2D eigenvalue weighted by molar-refractivity contribution is 7.99. The fraction of sp³-hybridized carbons (Fsp3) is 0.786. The molecular formula is C14H22O2S. The van der Waals surface area contributed by atoms with Gasteiger partial charge in [0.25, 0.3) is 0 Å². The van der Waals surface area contributed by atoms with Crippen LogP contribution in [0.5, 0.6) is 0 Å². The van der Waals surface area contributed by atoms with Gasteiger partial charge in [-0.05, 0) is 49.7 Å². The Balaban J connectivity index is 1.96. The number of carbonyl (C=O) groups excluding carboxylic acids is 1. The topological polar surface area (TPSA) is 26.3 Å². The average molecular weight is 254 g/mol. The van der Waals surface area contributed by atoms with Gasteiger partial charge < -0.3 is 4.74 Å². The summed E-state index contributed by atoms with van der Waals surface area (Å²) in [6, 6.07) is 0. The molecule has 2 aliphatic heterocycles. The molecule has 17 heavy (non-hydrogen) atoms. The number of rotatable bonds is 3. The molecule has 0 aromatic carbocycles. The quantitative estimate of drug-likeness (QED) is 0.723. The van der Waals surface area contributed by atoms with E-state index >= 15 is 0 Å². The minimum absolute atomic E-state index is 0.0316. The predicted octanol–water partition coefficient (Wildman–Crippen LogP) is 3.21. The van der Waals surface area contributed by atoms with Crippen LogP contribution >= 0.6 is 11.8 Å². The number of allylic oxidation sites excluding steroid dienone is 2. The van der Waals surface area contributed by atoms with Gasteiger partial charge in [-0.3, -0.25) is 4.79 Å². The minimum atomic E-state index is 0.0316. The van der Waals surface area contributed by atoms with Gasteiger partial charge in [0.1, 0.15) is 0 Å². The third kappa shape index (κ3) is 3.35. The van der Waals surface area contributed by atoms with Gasteiger partial charge in [0.2, 0.25) is 0 Å². The van der Waals surface area contributed by atoms with Gasteiger partial charge in [0.05, 0.1) is 5.60 Å². The second-order valence-electron chi connectivity index (χ2n) is 5.05. The second-order valence-corrected chi connectivity index (χ2v) is 6.27. The molecule has 96 valence electrons. The molecule has 0 aromatic heterocycles. The van der Waals surface area contributed by atoms with Crippen molar-refractivity contribution < 1.29 is 9.53 Å². The van der Waals surface area contributed by atoms with E-state index in [9.17, 15) is 4.79 Å². The molecule has 2 rings (SSSR count). The van der Waals surface area contributed by atoms with Crippen LogP contribution in [0.2, 0.25) is 0 Å². The van der Waals surface area contributed by atoms with E-state index < -0.39 is 0 Å². The molecular weight excluding hydrogens is 232 g/mol. The van der Waals surface area contributed by atoms with Crippen LogP contribution in [0, 0.1) is 5.92 Å². The standard InChI is InChI=1S/C14H22O2S/c1-2-3-4-13(15)12-5-8-16-14(11-12)6-9-17-10-7-14/h3-4,12H,2,5-11H2,1H3/b4-3+. The van der Waals surface area contributed by atoms with Crippen LogP contribution in [0.25, 0.3) is 0 Å². The minimum Gasteiger partial charge on any atom is -0.375 e. The van der Waals surface area contributed by atoms with Crippen molar-refractivity contribution in [2.45, 2.75) is 44.6 Å². The Hall–Kier alpha value is -0.280. The van der Waals surface area contributed by atoms with E-state index in [4.69, 9.17) is 4.74 Å². The van der Waals surface area contributed by atoms with Gasteiger partial charge in [-0.1, -0.05) is 13.0 Å². The molecule has 3 heteroatoms. The van der Waals surface area contributed by atoms with Crippen molar-refractivity contribution in [3.63, 3.8) is 0 Å². The fourth-order valence-corrected chi connectivity index (χ4v) is 3.97. The molecule has 1 spiro atoms. The first-order valence-electron chi connectivity index (χ1n) is 6.68. The third-order valence-electron chi connectivity index (χ3n) is 3.82. The Bertz CT molecular complexity index is 287. The van der Waals surface area contributed by atoms with Crippen LogP contribution in [0.1, 0.15) is 39.0 Å². The lowest BCUT2D eigenvalue weighted by atomic mass is 9.80. The van der Waals surface area contributed by atoms with Gasteiger partial charge in [-0.2, -0.15) is 11.8 Å². The van der Waals surface area contributed by atoms with E-state index in [1.54, 1.807) is 6.08 Å². The zero-order valence-electron chi connectivity index (χ0n) is 10.6. The Morgan fingerprint density at radius 1 is 1.47 bits per heavy atom. The van der Waals surface area contributed by atoms with Gasteiger partial charge in [0, 0.05) is 12.5 Å². The average Bonchev–Trinajstić information content (AvgIpc) is 2.37. The number of ether oxygens (including phenoxy) is 1. The van der Waals surface area contributed by atoms with Crippen LogP contribution in [-0.4, -0.2) is 29.5 Å². The van der Waals surface area contributed by atoms with E-state index in [0.717, 1.165) is 38.7 Å². The summed E-state index contributed by atoms with van der Waals surface area (Å²) in [6.07, 6.45) is 8.79. The number of hydrogen-bond acceptors (Lipinski definition) is 3. The molecule has 1 unspecified atom stereocenters. The van der Waals surface area contributed by atoms with Crippen LogP contribution in [0.3, 0.4) is 0 Å². The normalized spacial score (nSPS) is 28.6. The zero-order valence-corrected chi connectivity index (χ0v) is 11.4. The molecule has 0 bridgehead atoms. The van der Waals surface area contributed by atoms with Crippen LogP contribution in [0.15, 0.2) is 12.2 Å². The van der Waals surface area contributed by atoms with Crippen LogP contribution in [0.4, 0.5) is 0 Å². The first-order valence-corrected chi connectivity index (χ1v) is 7.83. The van der Waals surface area contributed by atoms with E-state index in [-0.39, 0.29) is 11.5 Å². The number of thioether (sulfide) groups is 1. The van der Waals surface area contributed by atoms with Crippen molar-refractivity contribution >= 4 is 17.5 Å². The number of ketones is 1. The molecule has 0 N–H and O–H groups in total. The molecule has 0 aromatic rings. The lowest BCUT2D eigenvalue weighted by molar-refractivity contribution is -0.134. The fourth-order valence-electron chi connectivity index (χ4n) is 2.73. The Labute approximate surface area is 108 Å². The molecule has 1 atom stereocenters. The largest absolute Gasteiger partial charge is 0.375 e. The summed E-state index contributed by atoms with van der Waals surface area (Å²) in [7, 11) is 0. The van der Waals surface area contributed by atoms with Gasteiger partial charge in [0.15, 0.2) is 5.78 Å². The monoisotopic (exact) mass is 254 g/mol. The second kappa shape index (κ2) is 6.05. The molecule has 0 saturated carbocycles. The highest BCUT2D eigenvalue weighted by Crippen LogP contribution is 2.40. The molecule has 2 aliphatic rings. The molecule has 0 aliphatic carbocycles. The zero-order chi connectivity index (χ0) is 12.1. The summed E-state index contributed by atoms with van der Waals surface area (Å²) in [5, 5.41) is 0. The lowest BCUT2D eigenvalue weighted by Crippen LogP contribution is -2.44. The maximum atomic E-state index is 12.0. The van der Waals surface area contributed by atoms with Gasteiger partial charge >= 0.3 is 0 Å². The number of carbonyl (C=O) groups is 1. The molecule has 0 amide bonds. The Kier molecular flexibility index (Phi) is 4.69. The lowest BCUT2D eigenvalue weighted by Gasteiger charge is -2.42. The van der Waals surface area contributed by atoms with E-state index in [1.807, 2.05) is 17.8 Å². The summed E-state index contributed by atoms with van der Waals surface area (Å²) in [5.41, 5.74) is 0.0316.